The van der Waals surface area contributed by atoms with Crippen LogP contribution in [0.1, 0.15) is 25.2 Å². The highest BCUT2D eigenvalue weighted by atomic mass is 16.2. The monoisotopic (exact) mass is 432 g/mol. The maximum absolute atomic E-state index is 13.1. The number of para-hydroxylation sites is 1. The van der Waals surface area contributed by atoms with Gasteiger partial charge in [-0.3, -0.25) is 14.6 Å². The smallest absolute Gasteiger partial charge is 0.239 e. The van der Waals surface area contributed by atoms with Gasteiger partial charge in [0.1, 0.15) is 11.6 Å². The largest absolute Gasteiger partial charge is 0.383 e. The van der Waals surface area contributed by atoms with Crippen molar-refractivity contribution < 1.29 is 4.79 Å². The van der Waals surface area contributed by atoms with Crippen molar-refractivity contribution >= 4 is 22.6 Å². The third-order valence-corrected chi connectivity index (χ3v) is 6.27. The minimum atomic E-state index is -0.131. The first-order valence-electron chi connectivity index (χ1n) is 11.4. The zero-order valence-electron chi connectivity index (χ0n) is 18.9. The number of carbonyl (C=O) groups excluding carboxylic acids is 1. The zero-order valence-corrected chi connectivity index (χ0v) is 18.9. The molecule has 4 rings (SSSR count). The van der Waals surface area contributed by atoms with Crippen LogP contribution in [0.5, 0.6) is 0 Å². The molecule has 0 bridgehead atoms. The lowest BCUT2D eigenvalue weighted by Gasteiger charge is -2.38. The van der Waals surface area contributed by atoms with E-state index in [1.807, 2.05) is 61.2 Å². The van der Waals surface area contributed by atoms with Gasteiger partial charge in [-0.05, 0) is 31.5 Å². The van der Waals surface area contributed by atoms with Crippen molar-refractivity contribution in [3.63, 3.8) is 0 Å². The predicted molar refractivity (Wildman–Crippen MR) is 128 cm³/mol. The lowest BCUT2D eigenvalue weighted by Crippen LogP contribution is -2.54. The second-order valence-electron chi connectivity index (χ2n) is 8.37. The number of nitrogen functional groups attached to an aromatic ring is 1. The molecule has 1 saturated heterocycles. The third kappa shape index (κ3) is 5.06. The minimum Gasteiger partial charge on any atom is -0.383 e. The van der Waals surface area contributed by atoms with Crippen molar-refractivity contribution in [2.45, 2.75) is 33.0 Å². The summed E-state index contributed by atoms with van der Waals surface area (Å²) in [6.07, 6.45) is 0. The number of rotatable bonds is 7. The number of hydrogen-bond donors (Lipinski definition) is 1. The van der Waals surface area contributed by atoms with Crippen molar-refractivity contribution in [1.29, 1.82) is 0 Å². The number of anilines is 1. The number of nitrogens with zero attached hydrogens (tertiary/aromatic N) is 5. The normalized spacial score (nSPS) is 16.2. The number of likely N-dealkylation sites (N-methyl/N-ethyl adjacent to an activating group) is 1. The summed E-state index contributed by atoms with van der Waals surface area (Å²) < 4.78 is 0. The predicted octanol–water partition coefficient (Wildman–Crippen LogP) is 2.77. The van der Waals surface area contributed by atoms with E-state index in [1.54, 1.807) is 0 Å². The average Bonchev–Trinajstić information content (AvgIpc) is 2.83. The number of piperazine rings is 1. The first-order valence-corrected chi connectivity index (χ1v) is 11.4. The van der Waals surface area contributed by atoms with Crippen molar-refractivity contribution in [1.82, 2.24) is 24.7 Å². The Bertz CT molecular complexity index is 1050. The maximum Gasteiger partial charge on any atom is 0.239 e. The topological polar surface area (TPSA) is 78.6 Å². The van der Waals surface area contributed by atoms with Crippen LogP contribution in [-0.4, -0.2) is 69.3 Å². The van der Waals surface area contributed by atoms with Gasteiger partial charge in [0.25, 0.3) is 0 Å². The Morgan fingerprint density at radius 3 is 2.44 bits per heavy atom. The number of amides is 1. The molecular weight excluding hydrogens is 400 g/mol. The van der Waals surface area contributed by atoms with Crippen LogP contribution in [0, 0.1) is 0 Å². The van der Waals surface area contributed by atoms with Crippen LogP contribution in [0.25, 0.3) is 10.9 Å². The Hall–Kier alpha value is -3.03. The molecule has 1 aromatic heterocycles. The standard InChI is InChI=1S/C25H32N6O/c1-3-30(17-20-9-5-4-6-10-20)25(32)19(2)31-15-13-29(14-16-31)18-23-27-22-12-8-7-11-21(22)24(26)28-23/h4-12,19H,3,13-18H2,1-2H3,(H2,26,27,28). The Morgan fingerprint density at radius 1 is 1.03 bits per heavy atom. The molecule has 1 aliphatic rings. The van der Waals surface area contributed by atoms with E-state index in [4.69, 9.17) is 5.73 Å². The molecule has 0 aliphatic carbocycles. The molecule has 1 atom stereocenters. The number of hydrogen-bond acceptors (Lipinski definition) is 6. The number of benzene rings is 2. The maximum atomic E-state index is 13.1. The van der Waals surface area contributed by atoms with Crippen LogP contribution < -0.4 is 5.73 Å². The van der Waals surface area contributed by atoms with E-state index in [1.165, 1.54) is 0 Å². The molecule has 0 saturated carbocycles. The summed E-state index contributed by atoms with van der Waals surface area (Å²) in [6, 6.07) is 17.9. The van der Waals surface area contributed by atoms with Crippen LogP contribution in [-0.2, 0) is 17.9 Å². The van der Waals surface area contributed by atoms with Crippen molar-refractivity contribution in [3.05, 3.63) is 66.0 Å². The molecule has 7 heteroatoms. The summed E-state index contributed by atoms with van der Waals surface area (Å²) in [5.41, 5.74) is 8.18. The first kappa shape index (κ1) is 22.2. The van der Waals surface area contributed by atoms with Crippen molar-refractivity contribution in [3.8, 4) is 0 Å². The molecule has 32 heavy (non-hydrogen) atoms. The van der Waals surface area contributed by atoms with Gasteiger partial charge >= 0.3 is 0 Å². The molecule has 2 heterocycles. The van der Waals surface area contributed by atoms with Gasteiger partial charge in [0.2, 0.25) is 5.91 Å². The van der Waals surface area contributed by atoms with E-state index in [9.17, 15) is 4.79 Å². The Kier molecular flexibility index (Phi) is 6.97. The van der Waals surface area contributed by atoms with Crippen LogP contribution in [0.4, 0.5) is 5.82 Å². The Morgan fingerprint density at radius 2 is 1.72 bits per heavy atom. The van der Waals surface area contributed by atoms with E-state index >= 15 is 0 Å². The Labute approximate surface area is 189 Å². The van der Waals surface area contributed by atoms with Gasteiger partial charge < -0.3 is 10.6 Å². The number of aromatic nitrogens is 2. The molecule has 1 amide bonds. The summed E-state index contributed by atoms with van der Waals surface area (Å²) in [5.74, 6) is 1.47. The summed E-state index contributed by atoms with van der Waals surface area (Å²) in [7, 11) is 0. The van der Waals surface area contributed by atoms with Crippen molar-refractivity contribution in [2.24, 2.45) is 0 Å². The van der Waals surface area contributed by atoms with E-state index < -0.39 is 0 Å². The molecule has 1 aliphatic heterocycles. The van der Waals surface area contributed by atoms with E-state index in [0.29, 0.717) is 25.5 Å². The highest BCUT2D eigenvalue weighted by molar-refractivity contribution is 5.87. The first-order chi connectivity index (χ1) is 15.5. The molecule has 0 radical (unpaired) electrons. The van der Waals surface area contributed by atoms with Gasteiger partial charge in [-0.15, -0.1) is 0 Å². The summed E-state index contributed by atoms with van der Waals surface area (Å²) in [5, 5.41) is 0.893. The van der Waals surface area contributed by atoms with Gasteiger partial charge in [0, 0.05) is 44.7 Å². The fourth-order valence-corrected chi connectivity index (χ4v) is 4.30. The molecule has 7 nitrogen and oxygen atoms in total. The van der Waals surface area contributed by atoms with Crippen LogP contribution in [0.2, 0.25) is 0 Å². The molecule has 1 fully saturated rings. The summed E-state index contributed by atoms with van der Waals surface area (Å²) >= 11 is 0. The van der Waals surface area contributed by atoms with Gasteiger partial charge in [-0.2, -0.15) is 0 Å². The molecule has 3 aromatic rings. The molecule has 2 N–H and O–H groups in total. The third-order valence-electron chi connectivity index (χ3n) is 6.27. The Balaban J connectivity index is 1.33. The fraction of sp³-hybridized carbons (Fsp3) is 0.400. The molecule has 2 aromatic carbocycles. The van der Waals surface area contributed by atoms with Gasteiger partial charge in [0.05, 0.1) is 18.1 Å². The summed E-state index contributed by atoms with van der Waals surface area (Å²) in [6.45, 7) is 9.54. The quantitative estimate of drug-likeness (QED) is 0.619. The lowest BCUT2D eigenvalue weighted by atomic mass is 10.1. The SMILES string of the molecule is CCN(Cc1ccccc1)C(=O)C(C)N1CCN(Cc2nc(N)c3ccccc3n2)CC1. The molecular formula is C25H32N6O. The van der Waals surface area contributed by atoms with Gasteiger partial charge in [-0.25, -0.2) is 9.97 Å². The van der Waals surface area contributed by atoms with Crippen LogP contribution in [0.15, 0.2) is 54.6 Å². The molecule has 1 unspecified atom stereocenters. The second-order valence-corrected chi connectivity index (χ2v) is 8.37. The highest BCUT2D eigenvalue weighted by Gasteiger charge is 2.28. The van der Waals surface area contributed by atoms with Crippen molar-refractivity contribution in [2.75, 3.05) is 38.5 Å². The average molecular weight is 433 g/mol. The van der Waals surface area contributed by atoms with Crippen LogP contribution >= 0.6 is 0 Å². The fourth-order valence-electron chi connectivity index (χ4n) is 4.30. The van der Waals surface area contributed by atoms with Crippen LogP contribution in [0.3, 0.4) is 0 Å². The minimum absolute atomic E-state index is 0.131. The number of carbonyl (C=O) groups is 1. The lowest BCUT2D eigenvalue weighted by molar-refractivity contribution is -0.137. The molecule has 168 valence electrons. The zero-order chi connectivity index (χ0) is 22.5. The van der Waals surface area contributed by atoms with Gasteiger partial charge in [-0.1, -0.05) is 42.5 Å². The second kappa shape index (κ2) is 10.1. The van der Waals surface area contributed by atoms with Gasteiger partial charge in [0.15, 0.2) is 0 Å². The van der Waals surface area contributed by atoms with E-state index in [0.717, 1.165) is 48.5 Å². The van der Waals surface area contributed by atoms with E-state index in [-0.39, 0.29) is 11.9 Å². The summed E-state index contributed by atoms with van der Waals surface area (Å²) in [4.78, 5) is 28.9. The highest BCUT2D eigenvalue weighted by Crippen LogP contribution is 2.18. The van der Waals surface area contributed by atoms with E-state index in [2.05, 4.69) is 31.9 Å². The molecule has 0 spiro atoms. The number of fused-ring (bicyclic) bond motifs is 1. The number of nitrogens with two attached hydrogens (primary N) is 1.